The topological polar surface area (TPSA) is 111 Å². The average Bonchev–Trinajstić information content (AvgIpc) is 2.97. The lowest BCUT2D eigenvalue weighted by Gasteiger charge is -2.39. The summed E-state index contributed by atoms with van der Waals surface area (Å²) in [6.07, 6.45) is -2.33. The molecule has 0 bridgehead atoms. The van der Waals surface area contributed by atoms with Crippen LogP contribution in [0.15, 0.2) is 82.6 Å². The molecule has 0 radical (unpaired) electrons. The highest BCUT2D eigenvalue weighted by atomic mass is 35.5. The van der Waals surface area contributed by atoms with Gasteiger partial charge in [0.2, 0.25) is 0 Å². The maximum atomic E-state index is 15.1. The van der Waals surface area contributed by atoms with E-state index in [1.54, 1.807) is 0 Å². The third-order valence-electron chi connectivity index (χ3n) is 6.53. The van der Waals surface area contributed by atoms with Gasteiger partial charge in [-0.15, -0.1) is 12.4 Å². The van der Waals surface area contributed by atoms with Crippen LogP contribution in [0.4, 0.5) is 8.78 Å². The van der Waals surface area contributed by atoms with E-state index in [1.165, 1.54) is 25.6 Å². The number of ether oxygens (including phenoxy) is 1. The number of benzene rings is 3. The first-order chi connectivity index (χ1) is 20.0. The maximum Gasteiger partial charge on any atom is 0.402 e. The van der Waals surface area contributed by atoms with Crippen molar-refractivity contribution in [2.45, 2.75) is 66.8 Å². The fourth-order valence-electron chi connectivity index (χ4n) is 4.25. The van der Waals surface area contributed by atoms with E-state index < -0.39 is 31.5 Å². The van der Waals surface area contributed by atoms with Crippen molar-refractivity contribution in [3.05, 3.63) is 88.9 Å². The van der Waals surface area contributed by atoms with Gasteiger partial charge in [-0.2, -0.15) is 8.78 Å². The number of alkyl halides is 2. The van der Waals surface area contributed by atoms with Crippen molar-refractivity contribution >= 4 is 43.4 Å². The molecule has 43 heavy (non-hydrogen) atoms. The Labute approximate surface area is 267 Å². The lowest BCUT2D eigenvalue weighted by Crippen LogP contribution is -2.61. The normalized spacial score (nSPS) is 14.0. The molecule has 0 spiro atoms. The van der Waals surface area contributed by atoms with Gasteiger partial charge in [0, 0.05) is 14.8 Å². The van der Waals surface area contributed by atoms with Crippen molar-refractivity contribution in [3.8, 4) is 5.75 Å². The predicted octanol–water partition coefficient (Wildman–Crippen LogP) is 7.72. The van der Waals surface area contributed by atoms with Gasteiger partial charge in [0.15, 0.2) is 0 Å². The molecule has 3 aromatic rings. The number of aliphatic hydroxyl groups is 2. The molecule has 2 atom stereocenters. The van der Waals surface area contributed by atoms with E-state index in [2.05, 4.69) is 0 Å². The Bertz CT molecular complexity index is 1330. The van der Waals surface area contributed by atoms with E-state index in [1.807, 2.05) is 72.8 Å². The van der Waals surface area contributed by atoms with E-state index in [0.29, 0.717) is 18.1 Å². The number of hydrogen-bond donors (Lipinski definition) is 3. The second-order valence-corrected chi connectivity index (χ2v) is 13.3. The fraction of sp³-hybridized carbons (Fsp3) is 0.400. The molecule has 0 amide bonds. The first-order valence-electron chi connectivity index (χ1n) is 13.6. The summed E-state index contributed by atoms with van der Waals surface area (Å²) < 4.78 is 58.4. The van der Waals surface area contributed by atoms with Crippen LogP contribution < -0.4 is 10.5 Å². The Morgan fingerprint density at radius 2 is 1.65 bits per heavy atom. The van der Waals surface area contributed by atoms with Gasteiger partial charge >= 0.3 is 13.3 Å². The summed E-state index contributed by atoms with van der Waals surface area (Å²) >= 11 is 8.05. The molecule has 2 unspecified atom stereocenters. The standard InChI is InChI=1S/C30H37ClF2NO6PS.ClH/c1-3-39-41(37,40-4-2)30(32,33)28(36)29(34,21-35)17-9-12-23-15-16-26(19-27(23)31)42-25-14-8-13-24(18-25)38-20-22-10-6-5-7-11-22;/h5-8,10-11,13-16,18-19,28,35-36H,3-4,9,12,17,20-21,34H2,1-2H3;1H. The number of aliphatic hydroxyl groups excluding tert-OH is 2. The van der Waals surface area contributed by atoms with Crippen LogP contribution in [0.2, 0.25) is 5.02 Å². The van der Waals surface area contributed by atoms with Crippen LogP contribution in [0.3, 0.4) is 0 Å². The summed E-state index contributed by atoms with van der Waals surface area (Å²) in [6.45, 7) is 1.60. The molecule has 7 nitrogen and oxygen atoms in total. The van der Waals surface area contributed by atoms with E-state index >= 15 is 8.78 Å². The van der Waals surface area contributed by atoms with Gasteiger partial charge in [-0.1, -0.05) is 65.8 Å². The number of nitrogens with two attached hydrogens (primary N) is 1. The van der Waals surface area contributed by atoms with Gasteiger partial charge in [0.1, 0.15) is 18.5 Å². The highest BCUT2D eigenvalue weighted by Gasteiger charge is 2.63. The molecule has 0 aromatic heterocycles. The quantitative estimate of drug-likeness (QED) is 0.124. The van der Waals surface area contributed by atoms with Crippen molar-refractivity contribution in [3.63, 3.8) is 0 Å². The highest BCUT2D eigenvalue weighted by molar-refractivity contribution is 7.99. The minimum absolute atomic E-state index is 0. The van der Waals surface area contributed by atoms with Gasteiger partial charge < -0.3 is 29.7 Å². The molecule has 3 aromatic carbocycles. The molecule has 0 aliphatic carbocycles. The average molecular weight is 681 g/mol. The Morgan fingerprint density at radius 3 is 2.26 bits per heavy atom. The number of hydrogen-bond acceptors (Lipinski definition) is 8. The van der Waals surface area contributed by atoms with E-state index in [4.69, 9.17) is 31.1 Å². The van der Waals surface area contributed by atoms with Gasteiger partial charge in [0.05, 0.1) is 25.4 Å². The molecule has 3 rings (SSSR count). The molecule has 0 fully saturated rings. The highest BCUT2D eigenvalue weighted by Crippen LogP contribution is 2.64. The third-order valence-corrected chi connectivity index (χ3v) is 10.0. The zero-order valence-electron chi connectivity index (χ0n) is 24.0. The lowest BCUT2D eigenvalue weighted by atomic mass is 9.87. The molecule has 0 saturated carbocycles. The van der Waals surface area contributed by atoms with Gasteiger partial charge in [0.25, 0.3) is 0 Å². The number of rotatable bonds is 17. The van der Waals surface area contributed by atoms with Crippen LogP contribution in [0.5, 0.6) is 5.75 Å². The second kappa shape index (κ2) is 17.1. The van der Waals surface area contributed by atoms with Crippen molar-refractivity contribution in [2.75, 3.05) is 19.8 Å². The molecular weight excluding hydrogens is 642 g/mol. The SMILES string of the molecule is CCOP(=O)(OCC)C(F)(F)C(O)C(N)(CO)CCCc1ccc(Sc2cccc(OCc3ccccc3)c2)cc1Cl.Cl. The smallest absolute Gasteiger partial charge is 0.402 e. The molecule has 238 valence electrons. The van der Waals surface area contributed by atoms with Crippen LogP contribution >= 0.6 is 43.4 Å². The summed E-state index contributed by atoms with van der Waals surface area (Å²) in [5.74, 6) is 0.743. The summed E-state index contributed by atoms with van der Waals surface area (Å²) in [7, 11) is -5.05. The van der Waals surface area contributed by atoms with Crippen molar-refractivity contribution < 1.29 is 37.3 Å². The number of aryl methyl sites for hydroxylation is 1. The summed E-state index contributed by atoms with van der Waals surface area (Å²) in [4.78, 5) is 1.86. The summed E-state index contributed by atoms with van der Waals surface area (Å²) in [5, 5.41) is 20.9. The molecule has 0 aliphatic rings. The molecule has 13 heteroatoms. The van der Waals surface area contributed by atoms with Crippen molar-refractivity contribution in [1.82, 2.24) is 0 Å². The monoisotopic (exact) mass is 679 g/mol. The Morgan fingerprint density at radius 1 is 1.00 bits per heavy atom. The maximum absolute atomic E-state index is 15.1. The predicted molar refractivity (Wildman–Crippen MR) is 169 cm³/mol. The second-order valence-electron chi connectivity index (χ2n) is 9.67. The van der Waals surface area contributed by atoms with Crippen LogP contribution in [-0.4, -0.2) is 47.3 Å². The summed E-state index contributed by atoms with van der Waals surface area (Å²) in [5.41, 5.74) is 1.36. The molecule has 0 saturated heterocycles. The molecule has 4 N–H and O–H groups in total. The Hall–Kier alpha value is -1.72. The first kappa shape index (κ1) is 37.5. The molecule has 0 aliphatic heterocycles. The zero-order chi connectivity index (χ0) is 30.8. The summed E-state index contributed by atoms with van der Waals surface area (Å²) in [6, 6.07) is 23.1. The van der Waals surface area contributed by atoms with Crippen LogP contribution in [0.25, 0.3) is 0 Å². The Kier molecular flexibility index (Phi) is 14.9. The van der Waals surface area contributed by atoms with Crippen molar-refractivity contribution in [2.24, 2.45) is 5.73 Å². The largest absolute Gasteiger partial charge is 0.489 e. The molecular formula is C30H38Cl2F2NO6PS. The van der Waals surface area contributed by atoms with Gasteiger partial charge in [-0.25, -0.2) is 0 Å². The first-order valence-corrected chi connectivity index (χ1v) is 16.3. The van der Waals surface area contributed by atoms with E-state index in [0.717, 1.165) is 26.7 Å². The third kappa shape index (κ3) is 9.88. The minimum atomic E-state index is -5.05. The zero-order valence-corrected chi connectivity index (χ0v) is 27.2. The fourth-order valence-corrected chi connectivity index (χ4v) is 7.16. The van der Waals surface area contributed by atoms with Gasteiger partial charge in [-0.05, 0) is 74.6 Å². The molecule has 0 heterocycles. The number of halogens is 4. The van der Waals surface area contributed by atoms with Gasteiger partial charge in [-0.3, -0.25) is 4.57 Å². The lowest BCUT2D eigenvalue weighted by molar-refractivity contribution is -0.110. The van der Waals surface area contributed by atoms with Crippen LogP contribution in [0.1, 0.15) is 37.8 Å². The van der Waals surface area contributed by atoms with Crippen molar-refractivity contribution in [1.29, 1.82) is 0 Å². The minimum Gasteiger partial charge on any atom is -0.489 e. The van der Waals surface area contributed by atoms with Crippen LogP contribution in [0, 0.1) is 0 Å². The van der Waals surface area contributed by atoms with E-state index in [-0.39, 0.29) is 38.5 Å². The van der Waals surface area contributed by atoms with Crippen LogP contribution in [-0.2, 0) is 26.6 Å². The van der Waals surface area contributed by atoms with E-state index in [9.17, 15) is 14.8 Å². The Balaban J connectivity index is 0.00000645.